The SMILES string of the molecule is CC(C)(C)C(=O)N1CCC[C@H]1C(=O)N1CCC(NS(=O)(=O)c2cc(S(=O)(=O)c3ccccc3)ccc2C(F)(F)F)CC1. The molecule has 1 atom stereocenters. The highest BCUT2D eigenvalue weighted by Gasteiger charge is 2.42. The summed E-state index contributed by atoms with van der Waals surface area (Å²) in [5.74, 6) is -0.359. The number of likely N-dealkylation sites (tertiary alicyclic amines) is 2. The molecule has 2 aliphatic rings. The topological polar surface area (TPSA) is 121 Å². The third-order valence-corrected chi connectivity index (χ3v) is 10.8. The number of piperidine rings is 1. The Kier molecular flexibility index (Phi) is 8.83. The maximum atomic E-state index is 13.8. The van der Waals surface area contributed by atoms with E-state index in [0.29, 0.717) is 31.5 Å². The van der Waals surface area contributed by atoms with Crippen LogP contribution < -0.4 is 4.72 Å². The molecule has 0 saturated carbocycles. The fraction of sp³-hybridized carbons (Fsp3) is 0.500. The van der Waals surface area contributed by atoms with Crippen molar-refractivity contribution >= 4 is 31.7 Å². The summed E-state index contributed by atoms with van der Waals surface area (Å²) in [4.78, 5) is 27.3. The van der Waals surface area contributed by atoms with E-state index < -0.39 is 58.9 Å². The van der Waals surface area contributed by atoms with Crippen molar-refractivity contribution in [2.75, 3.05) is 19.6 Å². The molecule has 0 aromatic heterocycles. The number of sulfone groups is 1. The van der Waals surface area contributed by atoms with E-state index in [4.69, 9.17) is 0 Å². The Bertz CT molecular complexity index is 1550. The van der Waals surface area contributed by atoms with Crippen LogP contribution in [0.3, 0.4) is 0 Å². The number of nitrogens with one attached hydrogen (secondary N) is 1. The van der Waals surface area contributed by atoms with E-state index in [1.807, 2.05) is 0 Å². The molecule has 2 aliphatic heterocycles. The first-order chi connectivity index (χ1) is 19.4. The largest absolute Gasteiger partial charge is 0.417 e. The van der Waals surface area contributed by atoms with Gasteiger partial charge in [0.15, 0.2) is 0 Å². The molecule has 0 aliphatic carbocycles. The molecule has 42 heavy (non-hydrogen) atoms. The minimum atomic E-state index is -5.06. The van der Waals surface area contributed by atoms with E-state index in [-0.39, 0.29) is 42.6 Å². The third kappa shape index (κ3) is 6.65. The molecule has 2 fully saturated rings. The lowest BCUT2D eigenvalue weighted by Crippen LogP contribution is -2.53. The fourth-order valence-corrected chi connectivity index (χ4v) is 8.21. The van der Waals surface area contributed by atoms with Crippen molar-refractivity contribution in [3.05, 3.63) is 54.1 Å². The summed E-state index contributed by atoms with van der Waals surface area (Å²) in [5.41, 5.74) is -2.14. The third-order valence-electron chi connectivity index (χ3n) is 7.48. The Morgan fingerprint density at radius 2 is 1.48 bits per heavy atom. The van der Waals surface area contributed by atoms with Gasteiger partial charge in [-0.2, -0.15) is 13.2 Å². The van der Waals surface area contributed by atoms with Gasteiger partial charge in [-0.1, -0.05) is 39.0 Å². The summed E-state index contributed by atoms with van der Waals surface area (Å²) in [6.07, 6.45) is -3.58. The number of hydrogen-bond acceptors (Lipinski definition) is 6. The van der Waals surface area contributed by atoms with Gasteiger partial charge in [-0.05, 0) is 56.0 Å². The van der Waals surface area contributed by atoms with E-state index in [0.717, 1.165) is 6.07 Å². The maximum Gasteiger partial charge on any atom is 0.417 e. The lowest BCUT2D eigenvalue weighted by atomic mass is 9.94. The van der Waals surface area contributed by atoms with Gasteiger partial charge in [0.1, 0.15) is 6.04 Å². The number of halogens is 3. The van der Waals surface area contributed by atoms with Gasteiger partial charge >= 0.3 is 6.18 Å². The number of alkyl halides is 3. The number of carbonyl (C=O) groups excluding carboxylic acids is 2. The minimum Gasteiger partial charge on any atom is -0.341 e. The van der Waals surface area contributed by atoms with Crippen LogP contribution in [0.4, 0.5) is 13.2 Å². The van der Waals surface area contributed by atoms with E-state index in [2.05, 4.69) is 4.72 Å². The second-order valence-electron chi connectivity index (χ2n) is 11.6. The van der Waals surface area contributed by atoms with Gasteiger partial charge < -0.3 is 9.80 Å². The average molecular weight is 630 g/mol. The molecule has 2 amide bonds. The molecule has 9 nitrogen and oxygen atoms in total. The Hall–Kier alpha value is -2.97. The quantitative estimate of drug-likeness (QED) is 0.519. The Labute approximate surface area is 244 Å². The van der Waals surface area contributed by atoms with Gasteiger partial charge in [0, 0.05) is 31.1 Å². The molecule has 0 bridgehead atoms. The number of hydrogen-bond donors (Lipinski definition) is 1. The lowest BCUT2D eigenvalue weighted by Gasteiger charge is -2.37. The lowest BCUT2D eigenvalue weighted by molar-refractivity contribution is -0.148. The first kappa shape index (κ1) is 32.0. The van der Waals surface area contributed by atoms with Gasteiger partial charge in [0.05, 0.1) is 20.2 Å². The molecule has 1 N–H and O–H groups in total. The molecule has 0 unspecified atom stereocenters. The Morgan fingerprint density at radius 3 is 2.05 bits per heavy atom. The number of carbonyl (C=O) groups is 2. The van der Waals surface area contributed by atoms with Gasteiger partial charge in [-0.25, -0.2) is 21.6 Å². The summed E-state index contributed by atoms with van der Waals surface area (Å²) in [5, 5.41) is 0. The van der Waals surface area contributed by atoms with Crippen LogP contribution in [0.2, 0.25) is 0 Å². The molecule has 14 heteroatoms. The minimum absolute atomic E-state index is 0.127. The number of sulfonamides is 1. The number of rotatable bonds is 6. The van der Waals surface area contributed by atoms with Gasteiger partial charge in [-0.3, -0.25) is 9.59 Å². The summed E-state index contributed by atoms with van der Waals surface area (Å²) in [6.45, 7) is 6.11. The zero-order valence-corrected chi connectivity index (χ0v) is 25.2. The van der Waals surface area contributed by atoms with Crippen LogP contribution in [0.25, 0.3) is 0 Å². The van der Waals surface area contributed by atoms with Crippen LogP contribution in [-0.4, -0.2) is 70.2 Å². The van der Waals surface area contributed by atoms with E-state index in [1.54, 1.807) is 36.6 Å². The van der Waals surface area contributed by atoms with E-state index in [9.17, 15) is 39.6 Å². The van der Waals surface area contributed by atoms with Crippen LogP contribution in [0.15, 0.2) is 63.2 Å². The van der Waals surface area contributed by atoms with Crippen molar-refractivity contribution in [1.29, 1.82) is 0 Å². The number of amides is 2. The molecule has 0 spiro atoms. The maximum absolute atomic E-state index is 13.8. The predicted octanol–water partition coefficient (Wildman–Crippen LogP) is 3.84. The molecule has 0 radical (unpaired) electrons. The number of benzene rings is 2. The normalized spacial score (nSPS) is 19.2. The van der Waals surface area contributed by atoms with Crippen molar-refractivity contribution in [2.45, 2.75) is 79.4 Å². The summed E-state index contributed by atoms with van der Waals surface area (Å²) < 4.78 is 96.5. The average Bonchev–Trinajstić information content (AvgIpc) is 3.41. The molecule has 2 saturated heterocycles. The fourth-order valence-electron chi connectivity index (χ4n) is 5.27. The molecule has 2 aromatic rings. The summed E-state index contributed by atoms with van der Waals surface area (Å²) >= 11 is 0. The molecule has 2 heterocycles. The van der Waals surface area contributed by atoms with Crippen LogP contribution in [0.1, 0.15) is 52.0 Å². The van der Waals surface area contributed by atoms with Gasteiger partial charge in [-0.15, -0.1) is 0 Å². The van der Waals surface area contributed by atoms with Crippen molar-refractivity contribution in [1.82, 2.24) is 14.5 Å². The highest BCUT2D eigenvalue weighted by atomic mass is 32.2. The summed E-state index contributed by atoms with van der Waals surface area (Å²) in [6, 6.07) is 7.32. The standard InChI is InChI=1S/C28H34F3N3O6S2/c1-27(2,3)26(36)34-15-7-10-23(34)25(35)33-16-13-19(14-17-33)32-42(39,40)24-18-21(11-12-22(24)28(29,30)31)41(37,38)20-8-5-4-6-9-20/h4-6,8-9,11-12,18-19,23,32H,7,10,13-17H2,1-3H3/t23-/m0/s1. The van der Waals surface area contributed by atoms with E-state index >= 15 is 0 Å². The summed E-state index contributed by atoms with van der Waals surface area (Å²) in [7, 11) is -9.11. The van der Waals surface area contributed by atoms with Crippen molar-refractivity contribution in [2.24, 2.45) is 5.41 Å². The smallest absolute Gasteiger partial charge is 0.341 e. The van der Waals surface area contributed by atoms with Crippen LogP contribution >= 0.6 is 0 Å². The molecule has 2 aromatic carbocycles. The first-order valence-corrected chi connectivity index (χ1v) is 16.5. The molecule has 4 rings (SSSR count). The molecule has 230 valence electrons. The number of nitrogens with zero attached hydrogens (tertiary/aromatic N) is 2. The predicted molar refractivity (Wildman–Crippen MR) is 147 cm³/mol. The second kappa shape index (κ2) is 11.6. The first-order valence-electron chi connectivity index (χ1n) is 13.6. The highest BCUT2D eigenvalue weighted by Crippen LogP contribution is 2.37. The van der Waals surface area contributed by atoms with Crippen LogP contribution in [-0.2, 0) is 35.6 Å². The van der Waals surface area contributed by atoms with Gasteiger partial charge in [0.2, 0.25) is 31.7 Å². The molecular formula is C28H34F3N3O6S2. The zero-order valence-electron chi connectivity index (χ0n) is 23.5. The van der Waals surface area contributed by atoms with Crippen molar-refractivity contribution in [3.63, 3.8) is 0 Å². The monoisotopic (exact) mass is 629 g/mol. The van der Waals surface area contributed by atoms with E-state index in [1.165, 1.54) is 24.3 Å². The zero-order chi connectivity index (χ0) is 31.1. The second-order valence-corrected chi connectivity index (χ2v) is 15.2. The molecular weight excluding hydrogens is 595 g/mol. The Morgan fingerprint density at radius 1 is 0.857 bits per heavy atom. The van der Waals surface area contributed by atoms with Crippen LogP contribution in [0.5, 0.6) is 0 Å². The van der Waals surface area contributed by atoms with Crippen molar-refractivity contribution < 1.29 is 39.6 Å². The Balaban J connectivity index is 1.51. The highest BCUT2D eigenvalue weighted by molar-refractivity contribution is 7.91. The van der Waals surface area contributed by atoms with Crippen LogP contribution in [0, 0.1) is 5.41 Å². The van der Waals surface area contributed by atoms with Gasteiger partial charge in [0.25, 0.3) is 0 Å². The van der Waals surface area contributed by atoms with Crippen molar-refractivity contribution in [3.8, 4) is 0 Å².